The Bertz CT molecular complexity index is 505. The number of carboxylic acids is 1. The number of halogens is 1. The lowest BCUT2D eigenvalue weighted by molar-refractivity contribution is -0.148. The predicted molar refractivity (Wildman–Crippen MR) is 71.6 cm³/mol. The summed E-state index contributed by atoms with van der Waals surface area (Å²) < 4.78 is 0.813. The van der Waals surface area contributed by atoms with Crippen molar-refractivity contribution in [3.8, 4) is 0 Å². The molecule has 1 fully saturated rings. The molecule has 1 aliphatic rings. The molecular formula is C13H14BrNO4. The monoisotopic (exact) mass is 327 g/mol. The van der Waals surface area contributed by atoms with Crippen molar-refractivity contribution >= 4 is 27.8 Å². The van der Waals surface area contributed by atoms with Gasteiger partial charge in [0.15, 0.2) is 0 Å². The number of β-amino-alcohol motifs (C(OH)–C–C–N with tert-alkyl or cyclic N) is 1. The zero-order valence-corrected chi connectivity index (χ0v) is 11.7. The van der Waals surface area contributed by atoms with Gasteiger partial charge in [-0.2, -0.15) is 0 Å². The Morgan fingerprint density at radius 1 is 1.47 bits per heavy atom. The minimum absolute atomic E-state index is 0.000259. The zero-order valence-electron chi connectivity index (χ0n) is 10.1. The minimum atomic E-state index is -1.06. The summed E-state index contributed by atoms with van der Waals surface area (Å²) in [7, 11) is 0. The van der Waals surface area contributed by atoms with E-state index in [1.54, 1.807) is 0 Å². The van der Waals surface area contributed by atoms with Gasteiger partial charge in [-0.1, -0.05) is 34.1 Å². The molecule has 0 bridgehead atoms. The van der Waals surface area contributed by atoms with Gasteiger partial charge in [-0.05, 0) is 11.6 Å². The Labute approximate surface area is 119 Å². The molecule has 19 heavy (non-hydrogen) atoms. The first-order valence-electron chi connectivity index (χ1n) is 5.92. The number of benzene rings is 1. The Morgan fingerprint density at radius 2 is 2.16 bits per heavy atom. The first-order valence-corrected chi connectivity index (χ1v) is 6.72. The molecule has 102 valence electrons. The highest BCUT2D eigenvalue weighted by molar-refractivity contribution is 9.10. The maximum Gasteiger partial charge on any atom is 0.326 e. The lowest BCUT2D eigenvalue weighted by Gasteiger charge is -2.24. The molecule has 6 heteroatoms. The molecule has 2 atom stereocenters. The Balaban J connectivity index is 2.20. The first kappa shape index (κ1) is 14.0. The Kier molecular flexibility index (Phi) is 4.21. The number of carboxylic acid groups (broad SMARTS) is 1. The molecule has 0 saturated carbocycles. The van der Waals surface area contributed by atoms with Gasteiger partial charge in [0.25, 0.3) is 0 Å². The van der Waals surface area contributed by atoms with Crippen LogP contribution in [0.2, 0.25) is 0 Å². The van der Waals surface area contributed by atoms with Gasteiger partial charge in [-0.15, -0.1) is 0 Å². The van der Waals surface area contributed by atoms with Crippen LogP contribution >= 0.6 is 15.9 Å². The van der Waals surface area contributed by atoms with Crippen molar-refractivity contribution in [3.63, 3.8) is 0 Å². The van der Waals surface area contributed by atoms with E-state index in [9.17, 15) is 19.8 Å². The third kappa shape index (κ3) is 3.13. The second-order valence-electron chi connectivity index (χ2n) is 4.55. The maximum absolute atomic E-state index is 11.7. The molecule has 1 aromatic carbocycles. The van der Waals surface area contributed by atoms with Crippen LogP contribution in [-0.4, -0.2) is 45.7 Å². The van der Waals surface area contributed by atoms with Crippen molar-refractivity contribution < 1.29 is 19.8 Å². The first-order chi connectivity index (χ1) is 8.99. The minimum Gasteiger partial charge on any atom is -0.480 e. The largest absolute Gasteiger partial charge is 0.480 e. The molecule has 1 unspecified atom stereocenters. The van der Waals surface area contributed by atoms with Gasteiger partial charge in [0.1, 0.15) is 6.04 Å². The molecule has 1 heterocycles. The van der Waals surface area contributed by atoms with E-state index < -0.39 is 18.1 Å². The highest BCUT2D eigenvalue weighted by Gasteiger charge is 2.37. The van der Waals surface area contributed by atoms with Crippen LogP contribution in [0.4, 0.5) is 0 Å². The number of carbonyl (C=O) groups is 2. The Hall–Kier alpha value is -1.40. The maximum atomic E-state index is 11.7. The summed E-state index contributed by atoms with van der Waals surface area (Å²) in [5.74, 6) is -1.37. The van der Waals surface area contributed by atoms with Crippen molar-refractivity contribution in [2.75, 3.05) is 6.54 Å². The molecule has 0 spiro atoms. The number of amides is 1. The second-order valence-corrected chi connectivity index (χ2v) is 5.41. The predicted octanol–water partition coefficient (Wildman–Crippen LogP) is 1.04. The van der Waals surface area contributed by atoms with Crippen LogP contribution in [0.1, 0.15) is 12.0 Å². The molecule has 2 rings (SSSR count). The van der Waals surface area contributed by atoms with Crippen molar-refractivity contribution in [2.24, 2.45) is 0 Å². The van der Waals surface area contributed by atoms with Crippen LogP contribution < -0.4 is 0 Å². The number of aliphatic hydroxyl groups is 1. The number of aliphatic carboxylic acids is 1. The summed E-state index contributed by atoms with van der Waals surface area (Å²) in [4.78, 5) is 24.3. The lowest BCUT2D eigenvalue weighted by atomic mass is 10.0. The smallest absolute Gasteiger partial charge is 0.326 e. The Morgan fingerprint density at radius 3 is 2.68 bits per heavy atom. The SMILES string of the molecule is O=C(O)[C@H](Cc1ccccc1Br)N1CC(O)CC1=O. The normalized spacial score (nSPS) is 20.6. The van der Waals surface area contributed by atoms with E-state index in [1.165, 1.54) is 4.90 Å². The van der Waals surface area contributed by atoms with Gasteiger partial charge in [0, 0.05) is 17.4 Å². The van der Waals surface area contributed by atoms with E-state index in [4.69, 9.17) is 0 Å². The van der Waals surface area contributed by atoms with Crippen LogP contribution in [0.5, 0.6) is 0 Å². The van der Waals surface area contributed by atoms with Gasteiger partial charge in [0.05, 0.1) is 12.5 Å². The van der Waals surface area contributed by atoms with E-state index in [1.807, 2.05) is 24.3 Å². The number of nitrogens with zero attached hydrogens (tertiary/aromatic N) is 1. The number of hydrogen-bond donors (Lipinski definition) is 2. The van der Waals surface area contributed by atoms with Crippen LogP contribution in [0.3, 0.4) is 0 Å². The number of aliphatic hydroxyl groups excluding tert-OH is 1. The molecule has 5 nitrogen and oxygen atoms in total. The quantitative estimate of drug-likeness (QED) is 0.866. The summed E-state index contributed by atoms with van der Waals surface area (Å²) in [5.41, 5.74) is 0.823. The summed E-state index contributed by atoms with van der Waals surface area (Å²) in [5, 5.41) is 18.8. The number of rotatable bonds is 4. The third-order valence-electron chi connectivity index (χ3n) is 3.17. The van der Waals surface area contributed by atoms with E-state index in [-0.39, 0.29) is 25.3 Å². The van der Waals surface area contributed by atoms with Crippen molar-refractivity contribution in [2.45, 2.75) is 25.0 Å². The van der Waals surface area contributed by atoms with Gasteiger partial charge < -0.3 is 15.1 Å². The van der Waals surface area contributed by atoms with E-state index in [2.05, 4.69) is 15.9 Å². The van der Waals surface area contributed by atoms with E-state index >= 15 is 0 Å². The summed E-state index contributed by atoms with van der Waals surface area (Å²) in [6, 6.07) is 6.36. The third-order valence-corrected chi connectivity index (χ3v) is 3.94. The highest BCUT2D eigenvalue weighted by atomic mass is 79.9. The number of likely N-dealkylation sites (tertiary alicyclic amines) is 1. The molecule has 0 aromatic heterocycles. The fourth-order valence-corrected chi connectivity index (χ4v) is 2.66. The molecule has 1 aliphatic heterocycles. The average Bonchev–Trinajstić information content (AvgIpc) is 2.67. The van der Waals surface area contributed by atoms with Crippen molar-refractivity contribution in [1.82, 2.24) is 4.90 Å². The summed E-state index contributed by atoms with van der Waals surface area (Å²) in [6.45, 7) is 0.0836. The molecule has 0 radical (unpaired) electrons. The van der Waals surface area contributed by atoms with Gasteiger partial charge in [-0.25, -0.2) is 4.79 Å². The van der Waals surface area contributed by atoms with Gasteiger partial charge in [-0.3, -0.25) is 4.79 Å². The van der Waals surface area contributed by atoms with Gasteiger partial charge >= 0.3 is 5.97 Å². The average molecular weight is 328 g/mol. The lowest BCUT2D eigenvalue weighted by Crippen LogP contribution is -2.44. The van der Waals surface area contributed by atoms with Crippen LogP contribution in [0.15, 0.2) is 28.7 Å². The van der Waals surface area contributed by atoms with E-state index in [0.717, 1.165) is 10.0 Å². The molecule has 1 saturated heterocycles. The van der Waals surface area contributed by atoms with Crippen LogP contribution in [0, 0.1) is 0 Å². The van der Waals surface area contributed by atoms with Crippen molar-refractivity contribution in [3.05, 3.63) is 34.3 Å². The fraction of sp³-hybridized carbons (Fsp3) is 0.385. The van der Waals surface area contributed by atoms with Crippen LogP contribution in [0.25, 0.3) is 0 Å². The van der Waals surface area contributed by atoms with Gasteiger partial charge in [0.2, 0.25) is 5.91 Å². The molecule has 2 N–H and O–H groups in total. The molecular weight excluding hydrogens is 314 g/mol. The number of hydrogen-bond acceptors (Lipinski definition) is 3. The fourth-order valence-electron chi connectivity index (χ4n) is 2.22. The van der Waals surface area contributed by atoms with E-state index in [0.29, 0.717) is 0 Å². The standard InChI is InChI=1S/C13H14BrNO4/c14-10-4-2-1-3-8(10)5-11(13(18)19)15-7-9(16)6-12(15)17/h1-4,9,11,16H,5-7H2,(H,18,19)/t9?,11-/m0/s1. The summed E-state index contributed by atoms with van der Waals surface area (Å²) >= 11 is 3.36. The molecule has 0 aliphatic carbocycles. The summed E-state index contributed by atoms with van der Waals surface area (Å²) in [6.07, 6.45) is -0.553. The zero-order chi connectivity index (χ0) is 14.0. The molecule has 1 amide bonds. The highest BCUT2D eigenvalue weighted by Crippen LogP contribution is 2.22. The van der Waals surface area contributed by atoms with Crippen molar-refractivity contribution in [1.29, 1.82) is 0 Å². The second kappa shape index (κ2) is 5.71. The van der Waals surface area contributed by atoms with Crippen LogP contribution in [-0.2, 0) is 16.0 Å². The molecule has 1 aromatic rings. The topological polar surface area (TPSA) is 77.8 Å². The number of carbonyl (C=O) groups excluding carboxylic acids is 1.